The van der Waals surface area contributed by atoms with Gasteiger partial charge in [0.05, 0.1) is 38.6 Å². The molecule has 0 amide bonds. The molecule has 0 aromatic heterocycles. The highest BCUT2D eigenvalue weighted by molar-refractivity contribution is 9.12. The first-order chi connectivity index (χ1) is 12.4. The first-order valence-corrected chi connectivity index (χ1v) is 8.39. The summed E-state index contributed by atoms with van der Waals surface area (Å²) >= 11 is 3.34. The Kier molecular flexibility index (Phi) is 6.52. The summed E-state index contributed by atoms with van der Waals surface area (Å²) in [6, 6.07) is 8.31. The summed E-state index contributed by atoms with van der Waals surface area (Å²) in [5.74, 6) is 1.78. The molecule has 2 N–H and O–H groups in total. The van der Waals surface area contributed by atoms with Crippen LogP contribution in [0.2, 0.25) is 0 Å². The summed E-state index contributed by atoms with van der Waals surface area (Å²) in [5.41, 5.74) is 7.32. The number of nitrogen functional groups attached to an aromatic ring is 1. The van der Waals surface area contributed by atoms with Gasteiger partial charge in [-0.15, -0.1) is 0 Å². The molecular weight excluding hydrogens is 402 g/mol. The van der Waals surface area contributed by atoms with E-state index in [-0.39, 0.29) is 5.78 Å². The Labute approximate surface area is 160 Å². The fourth-order valence-corrected chi connectivity index (χ4v) is 2.86. The number of ether oxygens (including phenoxy) is 4. The van der Waals surface area contributed by atoms with Gasteiger partial charge in [0.15, 0.2) is 17.3 Å². The number of ketones is 1. The van der Waals surface area contributed by atoms with Gasteiger partial charge in [-0.1, -0.05) is 0 Å². The van der Waals surface area contributed by atoms with Crippen molar-refractivity contribution in [2.75, 3.05) is 34.2 Å². The molecule has 2 aromatic rings. The Morgan fingerprint density at radius 2 is 1.65 bits per heavy atom. The molecular formula is C19H20BrNO5. The van der Waals surface area contributed by atoms with E-state index in [1.807, 2.05) is 0 Å². The number of rotatable bonds is 7. The number of anilines is 1. The maximum atomic E-state index is 12.7. The van der Waals surface area contributed by atoms with Crippen LogP contribution in [-0.4, -0.2) is 34.2 Å². The molecule has 0 saturated heterocycles. The lowest BCUT2D eigenvalue weighted by Crippen LogP contribution is -2.02. The van der Waals surface area contributed by atoms with Crippen molar-refractivity contribution >= 4 is 33.5 Å². The SMILES string of the molecule is COc1cc(/C=C(/Br)C(=O)c2ccc(N)c(OC)c2)c(OC)c(OC)c1. The van der Waals surface area contributed by atoms with E-state index in [4.69, 9.17) is 24.7 Å². The zero-order valence-corrected chi connectivity index (χ0v) is 16.5. The average molecular weight is 422 g/mol. The van der Waals surface area contributed by atoms with Gasteiger partial charge in [0, 0.05) is 17.2 Å². The number of allylic oxidation sites excluding steroid dienone is 1. The molecule has 0 aliphatic heterocycles. The number of benzene rings is 2. The van der Waals surface area contributed by atoms with Crippen LogP contribution in [0.25, 0.3) is 6.08 Å². The lowest BCUT2D eigenvalue weighted by Gasteiger charge is -2.13. The normalized spacial score (nSPS) is 11.0. The standard InChI is InChI=1S/C19H20BrNO5/c1-23-13-7-12(19(26-4)17(10-13)25-3)8-14(20)18(22)11-5-6-15(21)16(9-11)24-2/h5-10H,21H2,1-4H3/b14-8+. The van der Waals surface area contributed by atoms with Crippen LogP contribution in [0.4, 0.5) is 5.69 Å². The third-order valence-corrected chi connectivity index (χ3v) is 4.30. The van der Waals surface area contributed by atoms with Crippen LogP contribution in [0.15, 0.2) is 34.8 Å². The molecule has 2 rings (SSSR count). The van der Waals surface area contributed by atoms with Crippen LogP contribution in [0.5, 0.6) is 23.0 Å². The molecule has 138 valence electrons. The number of nitrogens with two attached hydrogens (primary N) is 1. The van der Waals surface area contributed by atoms with Gasteiger partial charge < -0.3 is 24.7 Å². The number of Topliss-reactive ketones (excluding diaryl/α,β-unsaturated/α-hetero) is 1. The van der Waals surface area contributed by atoms with Gasteiger partial charge in [-0.2, -0.15) is 0 Å². The molecule has 0 atom stereocenters. The molecule has 0 aliphatic carbocycles. The molecule has 6 nitrogen and oxygen atoms in total. The van der Waals surface area contributed by atoms with E-state index in [9.17, 15) is 4.79 Å². The lowest BCUT2D eigenvalue weighted by molar-refractivity contribution is 0.104. The molecule has 0 fully saturated rings. The molecule has 0 heterocycles. The van der Waals surface area contributed by atoms with Crippen molar-refractivity contribution in [3.8, 4) is 23.0 Å². The van der Waals surface area contributed by atoms with Crippen molar-refractivity contribution in [1.82, 2.24) is 0 Å². The van der Waals surface area contributed by atoms with E-state index in [1.54, 1.807) is 43.5 Å². The van der Waals surface area contributed by atoms with Gasteiger partial charge in [0.2, 0.25) is 0 Å². The molecule has 0 unspecified atom stereocenters. The van der Waals surface area contributed by atoms with Gasteiger partial charge >= 0.3 is 0 Å². The van der Waals surface area contributed by atoms with Crippen molar-refractivity contribution in [3.05, 3.63) is 45.9 Å². The topological polar surface area (TPSA) is 80.0 Å². The molecule has 0 radical (unpaired) electrons. The Morgan fingerprint density at radius 1 is 0.962 bits per heavy atom. The quantitative estimate of drug-likeness (QED) is 0.414. The molecule has 0 spiro atoms. The van der Waals surface area contributed by atoms with Crippen LogP contribution in [-0.2, 0) is 0 Å². The number of halogens is 1. The van der Waals surface area contributed by atoms with Crippen LogP contribution < -0.4 is 24.7 Å². The predicted molar refractivity (Wildman–Crippen MR) is 105 cm³/mol. The predicted octanol–water partition coefficient (Wildman–Crippen LogP) is 3.92. The minimum absolute atomic E-state index is 0.230. The highest BCUT2D eigenvalue weighted by atomic mass is 79.9. The Hall–Kier alpha value is -2.67. The van der Waals surface area contributed by atoms with E-state index in [2.05, 4.69) is 15.9 Å². The van der Waals surface area contributed by atoms with E-state index >= 15 is 0 Å². The maximum absolute atomic E-state index is 12.7. The summed E-state index contributed by atoms with van der Waals surface area (Å²) in [4.78, 5) is 12.7. The number of hydrogen-bond acceptors (Lipinski definition) is 6. The fourth-order valence-electron chi connectivity index (χ4n) is 2.38. The highest BCUT2D eigenvalue weighted by Crippen LogP contribution is 2.37. The smallest absolute Gasteiger partial charge is 0.200 e. The van der Waals surface area contributed by atoms with Crippen LogP contribution in [0.3, 0.4) is 0 Å². The molecule has 2 aromatic carbocycles. The van der Waals surface area contributed by atoms with E-state index < -0.39 is 0 Å². The van der Waals surface area contributed by atoms with Crippen molar-refractivity contribution in [2.45, 2.75) is 0 Å². The zero-order valence-electron chi connectivity index (χ0n) is 15.0. The van der Waals surface area contributed by atoms with Crippen LogP contribution in [0.1, 0.15) is 15.9 Å². The van der Waals surface area contributed by atoms with Crippen molar-refractivity contribution < 1.29 is 23.7 Å². The van der Waals surface area contributed by atoms with Crippen molar-refractivity contribution in [3.63, 3.8) is 0 Å². The first-order valence-electron chi connectivity index (χ1n) is 7.60. The van der Waals surface area contributed by atoms with Crippen LogP contribution >= 0.6 is 15.9 Å². The second-order valence-electron chi connectivity index (χ2n) is 5.23. The first kappa shape index (κ1) is 19.7. The lowest BCUT2D eigenvalue weighted by atomic mass is 10.1. The molecule has 0 bridgehead atoms. The van der Waals surface area contributed by atoms with E-state index in [0.717, 1.165) is 0 Å². The van der Waals surface area contributed by atoms with E-state index in [1.165, 1.54) is 21.3 Å². The number of carbonyl (C=O) groups is 1. The number of carbonyl (C=O) groups excluding carboxylic acids is 1. The Balaban J connectivity index is 2.47. The third kappa shape index (κ3) is 4.11. The Morgan fingerprint density at radius 3 is 2.23 bits per heavy atom. The molecule has 7 heteroatoms. The summed E-state index contributed by atoms with van der Waals surface area (Å²) in [5, 5.41) is 0. The van der Waals surface area contributed by atoms with Crippen molar-refractivity contribution in [2.24, 2.45) is 0 Å². The second-order valence-corrected chi connectivity index (χ2v) is 6.08. The third-order valence-electron chi connectivity index (χ3n) is 3.71. The average Bonchev–Trinajstić information content (AvgIpc) is 2.66. The molecule has 0 aliphatic rings. The highest BCUT2D eigenvalue weighted by Gasteiger charge is 2.16. The summed E-state index contributed by atoms with van der Waals surface area (Å²) < 4.78 is 21.5. The molecule has 26 heavy (non-hydrogen) atoms. The van der Waals surface area contributed by atoms with Crippen molar-refractivity contribution in [1.29, 1.82) is 0 Å². The van der Waals surface area contributed by atoms with Gasteiger partial charge in [0.25, 0.3) is 0 Å². The second kappa shape index (κ2) is 8.62. The van der Waals surface area contributed by atoms with Crippen LogP contribution in [0, 0.1) is 0 Å². The number of methoxy groups -OCH3 is 4. The van der Waals surface area contributed by atoms with E-state index in [0.29, 0.717) is 44.3 Å². The zero-order chi connectivity index (χ0) is 19.3. The minimum atomic E-state index is -0.230. The Bertz CT molecular complexity index is 848. The minimum Gasteiger partial charge on any atom is -0.497 e. The summed E-state index contributed by atoms with van der Waals surface area (Å²) in [6.07, 6.45) is 1.65. The van der Waals surface area contributed by atoms with Gasteiger partial charge in [-0.25, -0.2) is 0 Å². The summed E-state index contributed by atoms with van der Waals surface area (Å²) in [7, 11) is 6.11. The van der Waals surface area contributed by atoms with Gasteiger partial charge in [-0.05, 0) is 46.3 Å². The monoisotopic (exact) mass is 421 g/mol. The fraction of sp³-hybridized carbons (Fsp3) is 0.211. The largest absolute Gasteiger partial charge is 0.497 e. The molecule has 0 saturated carbocycles. The van der Waals surface area contributed by atoms with Gasteiger partial charge in [-0.3, -0.25) is 4.79 Å². The maximum Gasteiger partial charge on any atom is 0.200 e. The van der Waals surface area contributed by atoms with Gasteiger partial charge in [0.1, 0.15) is 11.5 Å². The number of hydrogen-bond donors (Lipinski definition) is 1. The summed E-state index contributed by atoms with van der Waals surface area (Å²) in [6.45, 7) is 0.